The molecule has 4 heteroatoms. The van der Waals surface area contributed by atoms with Crippen LogP contribution in [0.15, 0.2) is 24.3 Å². The topological polar surface area (TPSA) is 63.6 Å². The van der Waals surface area contributed by atoms with Crippen LogP contribution in [-0.2, 0) is 4.74 Å². The molecule has 0 aliphatic carbocycles. The molecule has 0 amide bonds. The van der Waals surface area contributed by atoms with E-state index >= 15 is 0 Å². The summed E-state index contributed by atoms with van der Waals surface area (Å²) in [6.45, 7) is 6.49. The number of hydrogen-bond donors (Lipinski definition) is 1. The van der Waals surface area contributed by atoms with E-state index < -0.39 is 11.9 Å². The minimum absolute atomic E-state index is 0.000455. The smallest absolute Gasteiger partial charge is 0.339 e. The molecule has 170 valence electrons. The van der Waals surface area contributed by atoms with Crippen LogP contribution in [0.2, 0.25) is 0 Å². The van der Waals surface area contributed by atoms with E-state index in [1.54, 1.807) is 12.1 Å². The summed E-state index contributed by atoms with van der Waals surface area (Å²) >= 11 is 0. The van der Waals surface area contributed by atoms with E-state index in [1.807, 2.05) is 0 Å². The van der Waals surface area contributed by atoms with E-state index in [4.69, 9.17) is 4.74 Å². The van der Waals surface area contributed by atoms with Gasteiger partial charge in [-0.15, -0.1) is 0 Å². The molecule has 0 fully saturated rings. The van der Waals surface area contributed by atoms with Crippen molar-refractivity contribution in [1.29, 1.82) is 0 Å². The predicted molar refractivity (Wildman–Crippen MR) is 123 cm³/mol. The fourth-order valence-corrected chi connectivity index (χ4v) is 3.85. The van der Waals surface area contributed by atoms with Crippen molar-refractivity contribution >= 4 is 11.9 Å². The molecule has 0 heterocycles. The number of esters is 1. The zero-order valence-electron chi connectivity index (χ0n) is 19.3. The summed E-state index contributed by atoms with van der Waals surface area (Å²) in [5.41, 5.74) is 0.137. The van der Waals surface area contributed by atoms with Crippen LogP contribution in [-0.4, -0.2) is 23.1 Å². The first-order valence-electron chi connectivity index (χ1n) is 12.0. The number of aromatic carboxylic acids is 1. The van der Waals surface area contributed by atoms with Crippen molar-refractivity contribution in [3.63, 3.8) is 0 Å². The first-order valence-corrected chi connectivity index (χ1v) is 12.0. The lowest BCUT2D eigenvalue weighted by Gasteiger charge is -2.20. The van der Waals surface area contributed by atoms with Gasteiger partial charge in [0.1, 0.15) is 6.10 Å². The van der Waals surface area contributed by atoms with Crippen LogP contribution >= 0.6 is 0 Å². The Hall–Kier alpha value is -1.84. The van der Waals surface area contributed by atoms with Gasteiger partial charge >= 0.3 is 11.9 Å². The van der Waals surface area contributed by atoms with Gasteiger partial charge in [-0.05, 0) is 37.3 Å². The average molecular weight is 419 g/mol. The molecule has 0 aromatic heterocycles. The van der Waals surface area contributed by atoms with Crippen molar-refractivity contribution in [2.45, 2.75) is 110 Å². The van der Waals surface area contributed by atoms with Crippen molar-refractivity contribution in [2.24, 2.45) is 5.92 Å². The molecule has 0 bridgehead atoms. The van der Waals surface area contributed by atoms with E-state index in [0.29, 0.717) is 5.92 Å². The van der Waals surface area contributed by atoms with E-state index in [9.17, 15) is 14.7 Å². The molecule has 1 unspecified atom stereocenters. The average Bonchev–Trinajstić information content (AvgIpc) is 2.71. The lowest BCUT2D eigenvalue weighted by atomic mass is 9.99. The van der Waals surface area contributed by atoms with E-state index in [2.05, 4.69) is 20.8 Å². The van der Waals surface area contributed by atoms with E-state index in [1.165, 1.54) is 69.9 Å². The number of rotatable bonds is 17. The molecule has 1 N–H and O–H groups in total. The second-order valence-electron chi connectivity index (χ2n) is 8.83. The molecule has 1 rings (SSSR count). The van der Waals surface area contributed by atoms with Gasteiger partial charge in [-0.25, -0.2) is 9.59 Å². The van der Waals surface area contributed by atoms with Crippen LogP contribution in [0.5, 0.6) is 0 Å². The number of unbranched alkanes of at least 4 members (excludes halogenated alkanes) is 10. The fourth-order valence-electron chi connectivity index (χ4n) is 3.85. The van der Waals surface area contributed by atoms with Crippen LogP contribution in [0.1, 0.15) is 125 Å². The summed E-state index contributed by atoms with van der Waals surface area (Å²) in [4.78, 5) is 23.9. The Balaban J connectivity index is 2.34. The molecule has 4 nitrogen and oxygen atoms in total. The van der Waals surface area contributed by atoms with Crippen LogP contribution in [0.25, 0.3) is 0 Å². The van der Waals surface area contributed by atoms with Crippen LogP contribution in [0.4, 0.5) is 0 Å². The maximum atomic E-state index is 12.6. The van der Waals surface area contributed by atoms with Crippen LogP contribution in [0.3, 0.4) is 0 Å². The van der Waals surface area contributed by atoms with Crippen molar-refractivity contribution in [3.8, 4) is 0 Å². The Morgan fingerprint density at radius 1 is 0.833 bits per heavy atom. The molecule has 0 radical (unpaired) electrons. The Bertz CT molecular complexity index is 609. The molecule has 0 saturated heterocycles. The third-order valence-corrected chi connectivity index (χ3v) is 5.52. The highest BCUT2D eigenvalue weighted by Crippen LogP contribution is 2.20. The Morgan fingerprint density at radius 2 is 1.33 bits per heavy atom. The molecule has 1 aromatic carbocycles. The summed E-state index contributed by atoms with van der Waals surface area (Å²) < 4.78 is 5.73. The van der Waals surface area contributed by atoms with Crippen molar-refractivity contribution in [3.05, 3.63) is 35.4 Å². The Morgan fingerprint density at radius 3 is 1.83 bits per heavy atom. The molecular weight excluding hydrogens is 376 g/mol. The van der Waals surface area contributed by atoms with Gasteiger partial charge in [-0.1, -0.05) is 97.1 Å². The van der Waals surface area contributed by atoms with Gasteiger partial charge < -0.3 is 9.84 Å². The van der Waals surface area contributed by atoms with Crippen molar-refractivity contribution in [2.75, 3.05) is 0 Å². The van der Waals surface area contributed by atoms with E-state index in [-0.39, 0.29) is 17.2 Å². The first kappa shape index (κ1) is 26.2. The predicted octanol–water partition coefficient (Wildman–Crippen LogP) is 7.66. The van der Waals surface area contributed by atoms with Crippen molar-refractivity contribution in [1.82, 2.24) is 0 Å². The molecule has 1 aromatic rings. The van der Waals surface area contributed by atoms with Crippen molar-refractivity contribution < 1.29 is 19.4 Å². The maximum absolute atomic E-state index is 12.6. The largest absolute Gasteiger partial charge is 0.478 e. The van der Waals surface area contributed by atoms with Gasteiger partial charge in [0.25, 0.3) is 0 Å². The summed E-state index contributed by atoms with van der Waals surface area (Å²) in [6.07, 6.45) is 15.7. The molecule has 30 heavy (non-hydrogen) atoms. The Labute approximate surface area is 183 Å². The summed E-state index contributed by atoms with van der Waals surface area (Å²) in [5.74, 6) is -1.21. The Kier molecular flexibility index (Phi) is 13.9. The maximum Gasteiger partial charge on any atom is 0.339 e. The summed E-state index contributed by atoms with van der Waals surface area (Å²) in [5, 5.41) is 9.30. The SMILES string of the molecule is CCCCCCCCCCCCCC(CC(C)C)OC(=O)c1ccccc1C(=O)O. The van der Waals surface area contributed by atoms with E-state index in [0.717, 1.165) is 25.7 Å². The molecule has 0 spiro atoms. The number of carbonyl (C=O) groups is 2. The minimum Gasteiger partial charge on any atom is -0.478 e. The summed E-state index contributed by atoms with van der Waals surface area (Å²) in [7, 11) is 0. The second-order valence-corrected chi connectivity index (χ2v) is 8.83. The zero-order valence-corrected chi connectivity index (χ0v) is 19.3. The minimum atomic E-state index is -1.10. The highest BCUT2D eigenvalue weighted by atomic mass is 16.5. The quantitative estimate of drug-likeness (QED) is 0.208. The standard InChI is InChI=1S/C26H42O4/c1-4-5-6-7-8-9-10-11-12-13-14-17-22(20-21(2)3)30-26(29)24-19-16-15-18-23(24)25(27)28/h15-16,18-19,21-22H,4-14,17,20H2,1-3H3,(H,27,28). The van der Waals surface area contributed by atoms with Gasteiger partial charge in [-0.3, -0.25) is 0 Å². The molecule has 0 saturated carbocycles. The molecule has 1 atom stereocenters. The third kappa shape index (κ3) is 11.4. The summed E-state index contributed by atoms with van der Waals surface area (Å²) in [6, 6.07) is 6.27. The van der Waals surface area contributed by atoms with Gasteiger partial charge in [0.2, 0.25) is 0 Å². The first-order chi connectivity index (χ1) is 14.5. The monoisotopic (exact) mass is 418 g/mol. The normalized spacial score (nSPS) is 12.1. The lowest BCUT2D eigenvalue weighted by molar-refractivity contribution is 0.0220. The van der Waals surface area contributed by atoms with Crippen LogP contribution in [0, 0.1) is 5.92 Å². The lowest BCUT2D eigenvalue weighted by Crippen LogP contribution is -2.22. The number of benzene rings is 1. The van der Waals surface area contributed by atoms with Crippen LogP contribution < -0.4 is 0 Å². The van der Waals surface area contributed by atoms with Gasteiger partial charge in [0.15, 0.2) is 0 Å². The zero-order chi connectivity index (χ0) is 22.2. The molecule has 0 aliphatic rings. The number of carbonyl (C=O) groups excluding carboxylic acids is 1. The number of carboxylic acid groups (broad SMARTS) is 1. The van der Waals surface area contributed by atoms with Gasteiger partial charge in [-0.2, -0.15) is 0 Å². The second kappa shape index (κ2) is 15.9. The highest BCUT2D eigenvalue weighted by Gasteiger charge is 2.21. The molecule has 0 aliphatic heterocycles. The third-order valence-electron chi connectivity index (χ3n) is 5.52. The number of ether oxygens (including phenoxy) is 1. The van der Waals surface area contributed by atoms with Gasteiger partial charge in [0.05, 0.1) is 11.1 Å². The number of hydrogen-bond acceptors (Lipinski definition) is 3. The van der Waals surface area contributed by atoms with Gasteiger partial charge in [0, 0.05) is 0 Å². The highest BCUT2D eigenvalue weighted by molar-refractivity contribution is 6.02. The molecular formula is C26H42O4. The fraction of sp³-hybridized carbons (Fsp3) is 0.692. The number of carboxylic acids is 1.